The van der Waals surface area contributed by atoms with Gasteiger partial charge in [-0.3, -0.25) is 0 Å². The van der Waals surface area contributed by atoms with Crippen LogP contribution >= 0.6 is 15.9 Å². The van der Waals surface area contributed by atoms with E-state index in [9.17, 15) is 5.11 Å². The standard InChI is InChI=1S/C23H25BrN2O2/c24-22-15-21(28-25-22)20(27)16-26-13-11-19(12-14-26)23(17-7-3-1-4-8-17)18-9-5-2-6-10-18/h1-10,15,19-20,23,27H,11-14,16H2. The lowest BCUT2D eigenvalue weighted by Gasteiger charge is -2.37. The third-order valence-electron chi connectivity index (χ3n) is 5.68. The number of hydrogen-bond acceptors (Lipinski definition) is 4. The van der Waals surface area contributed by atoms with Crippen LogP contribution in [0, 0.1) is 5.92 Å². The van der Waals surface area contributed by atoms with Crippen molar-refractivity contribution in [2.75, 3.05) is 19.6 Å². The maximum atomic E-state index is 10.4. The zero-order chi connectivity index (χ0) is 19.3. The Balaban J connectivity index is 1.43. The zero-order valence-corrected chi connectivity index (χ0v) is 17.3. The normalized spacial score (nSPS) is 17.1. The molecule has 28 heavy (non-hydrogen) atoms. The fourth-order valence-corrected chi connectivity index (χ4v) is 4.58. The Hall–Kier alpha value is -1.95. The fourth-order valence-electron chi connectivity index (χ4n) is 4.28. The van der Waals surface area contributed by atoms with Gasteiger partial charge in [0.2, 0.25) is 0 Å². The first kappa shape index (κ1) is 19.4. The van der Waals surface area contributed by atoms with Crippen molar-refractivity contribution in [1.82, 2.24) is 10.1 Å². The molecule has 1 atom stereocenters. The van der Waals surface area contributed by atoms with Crippen LogP contribution in [0.3, 0.4) is 0 Å². The van der Waals surface area contributed by atoms with E-state index in [0.29, 0.717) is 28.7 Å². The molecule has 3 aromatic rings. The predicted octanol–water partition coefficient (Wildman–Crippen LogP) is 5.01. The molecule has 4 rings (SSSR count). The van der Waals surface area contributed by atoms with Gasteiger partial charge in [0, 0.05) is 18.5 Å². The van der Waals surface area contributed by atoms with Gasteiger partial charge in [0.25, 0.3) is 0 Å². The van der Waals surface area contributed by atoms with E-state index in [1.165, 1.54) is 11.1 Å². The molecule has 1 aliphatic heterocycles. The number of hydrogen-bond donors (Lipinski definition) is 1. The average Bonchev–Trinajstić information content (AvgIpc) is 3.18. The van der Waals surface area contributed by atoms with Crippen LogP contribution in [0.4, 0.5) is 0 Å². The van der Waals surface area contributed by atoms with E-state index in [2.05, 4.69) is 86.7 Å². The Bertz CT molecular complexity index is 821. The minimum atomic E-state index is -0.644. The summed E-state index contributed by atoms with van der Waals surface area (Å²) in [6.07, 6.45) is 1.58. The van der Waals surface area contributed by atoms with E-state index in [0.717, 1.165) is 25.9 Å². The van der Waals surface area contributed by atoms with E-state index in [1.807, 2.05) is 0 Å². The number of rotatable bonds is 6. The minimum Gasteiger partial charge on any atom is -0.384 e. The van der Waals surface area contributed by atoms with E-state index in [4.69, 9.17) is 4.52 Å². The van der Waals surface area contributed by atoms with Crippen LogP contribution in [-0.4, -0.2) is 34.8 Å². The number of aromatic nitrogens is 1. The summed E-state index contributed by atoms with van der Waals surface area (Å²) in [6, 6.07) is 23.4. The van der Waals surface area contributed by atoms with E-state index >= 15 is 0 Å². The number of aliphatic hydroxyl groups is 1. The van der Waals surface area contributed by atoms with Gasteiger partial charge in [-0.05, 0) is 58.9 Å². The van der Waals surface area contributed by atoms with Crippen molar-refractivity contribution in [3.63, 3.8) is 0 Å². The Labute approximate surface area is 174 Å². The van der Waals surface area contributed by atoms with Gasteiger partial charge < -0.3 is 14.5 Å². The number of nitrogens with zero attached hydrogens (tertiary/aromatic N) is 2. The first-order valence-electron chi connectivity index (χ1n) is 9.83. The Kier molecular flexibility index (Phi) is 6.25. The van der Waals surface area contributed by atoms with Gasteiger partial charge in [-0.15, -0.1) is 0 Å². The van der Waals surface area contributed by atoms with Gasteiger partial charge in [0.05, 0.1) is 0 Å². The molecule has 0 spiro atoms. The molecule has 1 N–H and O–H groups in total. The minimum absolute atomic E-state index is 0.416. The van der Waals surface area contributed by atoms with Crippen molar-refractivity contribution in [1.29, 1.82) is 0 Å². The molecule has 0 amide bonds. The van der Waals surface area contributed by atoms with Gasteiger partial charge in [-0.2, -0.15) is 0 Å². The van der Waals surface area contributed by atoms with Crippen molar-refractivity contribution in [3.8, 4) is 0 Å². The van der Waals surface area contributed by atoms with Gasteiger partial charge in [-0.1, -0.05) is 65.8 Å². The second kappa shape index (κ2) is 9.03. The van der Waals surface area contributed by atoms with Crippen molar-refractivity contribution >= 4 is 15.9 Å². The van der Waals surface area contributed by atoms with Crippen LogP contribution in [0.5, 0.6) is 0 Å². The van der Waals surface area contributed by atoms with Crippen LogP contribution in [0.1, 0.15) is 41.8 Å². The second-order valence-corrected chi connectivity index (χ2v) is 8.32. The first-order valence-corrected chi connectivity index (χ1v) is 10.6. The summed E-state index contributed by atoms with van der Waals surface area (Å²) < 4.78 is 5.79. The zero-order valence-electron chi connectivity index (χ0n) is 15.7. The number of β-amino-alcohol motifs (C(OH)–C–C–N with tert-alkyl or cyclic N) is 1. The molecule has 1 unspecified atom stereocenters. The molecule has 1 aromatic heterocycles. The van der Waals surface area contributed by atoms with E-state index in [-0.39, 0.29) is 0 Å². The van der Waals surface area contributed by atoms with Crippen molar-refractivity contribution in [2.45, 2.75) is 24.9 Å². The van der Waals surface area contributed by atoms with Crippen molar-refractivity contribution in [2.24, 2.45) is 5.92 Å². The molecule has 146 valence electrons. The Morgan fingerprint density at radius 1 is 1.00 bits per heavy atom. The van der Waals surface area contributed by atoms with Crippen LogP contribution in [0.25, 0.3) is 0 Å². The Morgan fingerprint density at radius 3 is 2.07 bits per heavy atom. The van der Waals surface area contributed by atoms with Gasteiger partial charge in [0.15, 0.2) is 5.76 Å². The van der Waals surface area contributed by atoms with Crippen LogP contribution in [0.2, 0.25) is 0 Å². The lowest BCUT2D eigenvalue weighted by Crippen LogP contribution is -2.38. The van der Waals surface area contributed by atoms with Crippen LogP contribution in [-0.2, 0) is 0 Å². The molecule has 0 aliphatic carbocycles. The van der Waals surface area contributed by atoms with Gasteiger partial charge in [-0.25, -0.2) is 0 Å². The smallest absolute Gasteiger partial charge is 0.167 e. The van der Waals surface area contributed by atoms with Crippen molar-refractivity contribution < 1.29 is 9.63 Å². The second-order valence-electron chi connectivity index (χ2n) is 7.50. The fraction of sp³-hybridized carbons (Fsp3) is 0.348. The Morgan fingerprint density at radius 2 is 1.57 bits per heavy atom. The molecule has 0 saturated carbocycles. The summed E-state index contributed by atoms with van der Waals surface area (Å²) in [7, 11) is 0. The molecule has 1 saturated heterocycles. The van der Waals surface area contributed by atoms with Gasteiger partial charge >= 0.3 is 0 Å². The summed E-state index contributed by atoms with van der Waals surface area (Å²) in [5, 5.41) is 14.2. The first-order chi connectivity index (χ1) is 13.7. The molecule has 5 heteroatoms. The SMILES string of the molecule is OC(CN1CCC(C(c2ccccc2)c2ccccc2)CC1)c1cc(Br)no1. The monoisotopic (exact) mass is 440 g/mol. The third-order valence-corrected chi connectivity index (χ3v) is 6.05. The topological polar surface area (TPSA) is 49.5 Å². The quantitative estimate of drug-likeness (QED) is 0.584. The molecular weight excluding hydrogens is 416 g/mol. The number of likely N-dealkylation sites (tertiary alicyclic amines) is 1. The number of benzene rings is 2. The highest BCUT2D eigenvalue weighted by molar-refractivity contribution is 9.10. The van der Waals surface area contributed by atoms with E-state index in [1.54, 1.807) is 6.07 Å². The van der Waals surface area contributed by atoms with Crippen molar-refractivity contribution in [3.05, 3.63) is 88.2 Å². The van der Waals surface area contributed by atoms with Crippen LogP contribution in [0.15, 0.2) is 75.9 Å². The third kappa shape index (κ3) is 4.54. The van der Waals surface area contributed by atoms with E-state index < -0.39 is 6.10 Å². The molecule has 0 radical (unpaired) electrons. The molecule has 4 nitrogen and oxygen atoms in total. The number of piperidine rings is 1. The highest BCUT2D eigenvalue weighted by Gasteiger charge is 2.30. The summed E-state index contributed by atoms with van der Waals surface area (Å²) in [6.45, 7) is 2.54. The summed E-state index contributed by atoms with van der Waals surface area (Å²) in [4.78, 5) is 2.32. The molecule has 2 aromatic carbocycles. The maximum Gasteiger partial charge on any atom is 0.167 e. The highest BCUT2D eigenvalue weighted by Crippen LogP contribution is 2.38. The molecule has 0 bridgehead atoms. The lowest BCUT2D eigenvalue weighted by molar-refractivity contribution is 0.0690. The number of aliphatic hydroxyl groups excluding tert-OH is 1. The molecule has 2 heterocycles. The maximum absolute atomic E-state index is 10.4. The van der Waals surface area contributed by atoms with Gasteiger partial charge in [0.1, 0.15) is 10.7 Å². The summed E-state index contributed by atoms with van der Waals surface area (Å²) in [5.41, 5.74) is 2.78. The molecule has 1 fully saturated rings. The molecular formula is C23H25BrN2O2. The average molecular weight is 441 g/mol. The predicted molar refractivity (Wildman–Crippen MR) is 113 cm³/mol. The number of halogens is 1. The van der Waals surface area contributed by atoms with Crippen LogP contribution < -0.4 is 0 Å². The summed E-state index contributed by atoms with van der Waals surface area (Å²) >= 11 is 3.26. The lowest BCUT2D eigenvalue weighted by atomic mass is 9.76. The molecule has 1 aliphatic rings. The largest absolute Gasteiger partial charge is 0.384 e. The summed E-state index contributed by atoms with van der Waals surface area (Å²) in [5.74, 6) is 1.53. The highest BCUT2D eigenvalue weighted by atomic mass is 79.9.